The van der Waals surface area contributed by atoms with E-state index in [0.717, 1.165) is 32.5 Å². The van der Waals surface area contributed by atoms with E-state index >= 15 is 0 Å². The van der Waals surface area contributed by atoms with Gasteiger partial charge in [-0.15, -0.1) is 0 Å². The van der Waals surface area contributed by atoms with Crippen LogP contribution < -0.4 is 5.32 Å². The molecule has 1 aromatic carbocycles. The molecule has 0 saturated carbocycles. The van der Waals surface area contributed by atoms with Gasteiger partial charge in [0, 0.05) is 36.6 Å². The lowest BCUT2D eigenvalue weighted by Gasteiger charge is -2.04. The first kappa shape index (κ1) is 15.6. The van der Waals surface area contributed by atoms with Gasteiger partial charge in [0.15, 0.2) is 0 Å². The van der Waals surface area contributed by atoms with E-state index in [0.29, 0.717) is 6.42 Å². The lowest BCUT2D eigenvalue weighted by atomic mass is 10.2. The maximum Gasteiger partial charge on any atom is 0.305 e. The van der Waals surface area contributed by atoms with Crippen LogP contribution in [0.4, 0.5) is 0 Å². The van der Waals surface area contributed by atoms with E-state index in [-0.39, 0.29) is 5.97 Å². The molecule has 4 heteroatoms. The number of benzene rings is 1. The van der Waals surface area contributed by atoms with Crippen molar-refractivity contribution in [3.63, 3.8) is 0 Å². The van der Waals surface area contributed by atoms with Crippen molar-refractivity contribution in [1.82, 2.24) is 9.88 Å². The second kappa shape index (κ2) is 7.84. The second-order valence-electron chi connectivity index (χ2n) is 5.22. The number of nitrogens with zero attached hydrogens (tertiary/aromatic N) is 1. The number of aromatic nitrogens is 1. The number of hydrogen-bond donors (Lipinski definition) is 1. The fourth-order valence-electron chi connectivity index (χ4n) is 2.54. The van der Waals surface area contributed by atoms with Crippen LogP contribution in [0.5, 0.6) is 0 Å². The minimum atomic E-state index is -0.142. The molecular formula is C17H24N2O2. The summed E-state index contributed by atoms with van der Waals surface area (Å²) in [5.41, 5.74) is 2.55. The molecule has 0 atom stereocenters. The molecule has 0 radical (unpaired) electrons. The van der Waals surface area contributed by atoms with Gasteiger partial charge in [-0.3, -0.25) is 4.79 Å². The van der Waals surface area contributed by atoms with E-state index in [4.69, 9.17) is 0 Å². The number of fused-ring (bicyclic) bond motifs is 1. The highest BCUT2D eigenvalue weighted by Crippen LogP contribution is 2.21. The normalized spacial score (nSPS) is 11.0. The number of hydrogen-bond acceptors (Lipinski definition) is 3. The number of methoxy groups -OCH3 is 1. The molecule has 0 spiro atoms. The van der Waals surface area contributed by atoms with E-state index in [9.17, 15) is 4.79 Å². The molecule has 1 heterocycles. The van der Waals surface area contributed by atoms with Crippen LogP contribution in [-0.2, 0) is 22.6 Å². The van der Waals surface area contributed by atoms with Crippen LogP contribution in [0, 0.1) is 0 Å². The zero-order chi connectivity index (χ0) is 15.1. The highest BCUT2D eigenvalue weighted by molar-refractivity contribution is 5.84. The molecule has 0 saturated heterocycles. The van der Waals surface area contributed by atoms with E-state index in [1.54, 1.807) is 0 Å². The Morgan fingerprint density at radius 3 is 2.90 bits per heavy atom. The number of carbonyl (C=O) groups excluding carboxylic acids is 1. The molecule has 0 aliphatic rings. The van der Waals surface area contributed by atoms with Crippen molar-refractivity contribution in [2.45, 2.75) is 39.3 Å². The Balaban J connectivity index is 2.09. The minimum Gasteiger partial charge on any atom is -0.469 e. The predicted octanol–water partition coefficient (Wildman–Crippen LogP) is 3.09. The predicted molar refractivity (Wildman–Crippen MR) is 85.2 cm³/mol. The number of carbonyl (C=O) groups is 1. The van der Waals surface area contributed by atoms with Gasteiger partial charge in [0.25, 0.3) is 0 Å². The zero-order valence-electron chi connectivity index (χ0n) is 12.9. The van der Waals surface area contributed by atoms with Gasteiger partial charge in [0.1, 0.15) is 0 Å². The molecular weight excluding hydrogens is 264 g/mol. The minimum absolute atomic E-state index is 0.142. The van der Waals surface area contributed by atoms with Crippen molar-refractivity contribution < 1.29 is 9.53 Å². The summed E-state index contributed by atoms with van der Waals surface area (Å²) in [7, 11) is 1.44. The summed E-state index contributed by atoms with van der Waals surface area (Å²) in [5.74, 6) is -0.142. The third-order valence-electron chi connectivity index (χ3n) is 3.62. The third kappa shape index (κ3) is 4.08. The van der Waals surface area contributed by atoms with Crippen LogP contribution in [0.1, 0.15) is 31.7 Å². The van der Waals surface area contributed by atoms with Crippen molar-refractivity contribution in [3.8, 4) is 0 Å². The molecule has 0 bridgehead atoms. The zero-order valence-corrected chi connectivity index (χ0v) is 12.9. The standard InChI is InChI=1S/C17H24N2O2/c1-3-10-18-12-14-13-19(11-6-9-17(20)21-2)16-8-5-4-7-15(14)16/h4-5,7-8,13,18H,3,6,9-12H2,1-2H3. The van der Waals surface area contributed by atoms with Gasteiger partial charge in [0.2, 0.25) is 0 Å². The topological polar surface area (TPSA) is 43.3 Å². The van der Waals surface area contributed by atoms with Crippen LogP contribution in [0.25, 0.3) is 10.9 Å². The van der Waals surface area contributed by atoms with Gasteiger partial charge in [-0.2, -0.15) is 0 Å². The quantitative estimate of drug-likeness (QED) is 0.599. The summed E-state index contributed by atoms with van der Waals surface area (Å²) in [6.07, 6.45) is 4.60. The molecule has 1 N–H and O–H groups in total. The molecule has 1 aromatic heterocycles. The molecule has 0 amide bonds. The Labute approximate surface area is 126 Å². The average molecular weight is 288 g/mol. The monoisotopic (exact) mass is 288 g/mol. The maximum atomic E-state index is 11.2. The molecule has 0 fully saturated rings. The van der Waals surface area contributed by atoms with Gasteiger partial charge >= 0.3 is 5.97 Å². The fourth-order valence-corrected chi connectivity index (χ4v) is 2.54. The molecule has 114 valence electrons. The second-order valence-corrected chi connectivity index (χ2v) is 5.22. The fraction of sp³-hybridized carbons (Fsp3) is 0.471. The van der Waals surface area contributed by atoms with Crippen molar-refractivity contribution in [2.75, 3.05) is 13.7 Å². The van der Waals surface area contributed by atoms with E-state index < -0.39 is 0 Å². The summed E-state index contributed by atoms with van der Waals surface area (Å²) in [6, 6.07) is 8.43. The lowest BCUT2D eigenvalue weighted by Crippen LogP contribution is -2.13. The largest absolute Gasteiger partial charge is 0.469 e. The first-order chi connectivity index (χ1) is 10.3. The van der Waals surface area contributed by atoms with Crippen LogP contribution in [0.2, 0.25) is 0 Å². The number of rotatable bonds is 8. The lowest BCUT2D eigenvalue weighted by molar-refractivity contribution is -0.140. The Bertz CT molecular complexity index is 589. The SMILES string of the molecule is CCCNCc1cn(CCCC(=O)OC)c2ccccc12. The smallest absolute Gasteiger partial charge is 0.305 e. The Hall–Kier alpha value is -1.81. The van der Waals surface area contributed by atoms with E-state index in [2.05, 4.69) is 52.0 Å². The molecule has 4 nitrogen and oxygen atoms in total. The Morgan fingerprint density at radius 2 is 2.14 bits per heavy atom. The Morgan fingerprint density at radius 1 is 1.33 bits per heavy atom. The number of ether oxygens (including phenoxy) is 1. The van der Waals surface area contributed by atoms with Gasteiger partial charge in [-0.1, -0.05) is 25.1 Å². The van der Waals surface area contributed by atoms with Gasteiger partial charge in [-0.05, 0) is 31.0 Å². The van der Waals surface area contributed by atoms with Crippen molar-refractivity contribution >= 4 is 16.9 Å². The summed E-state index contributed by atoms with van der Waals surface area (Å²) in [4.78, 5) is 11.2. The molecule has 2 aromatic rings. The van der Waals surface area contributed by atoms with Gasteiger partial charge in [0.05, 0.1) is 7.11 Å². The van der Waals surface area contributed by atoms with Crippen molar-refractivity contribution in [2.24, 2.45) is 0 Å². The highest BCUT2D eigenvalue weighted by Gasteiger charge is 2.08. The summed E-state index contributed by atoms with van der Waals surface area (Å²) < 4.78 is 6.93. The number of aryl methyl sites for hydroxylation is 1. The summed E-state index contributed by atoms with van der Waals surface area (Å²) in [5, 5.41) is 4.74. The third-order valence-corrected chi connectivity index (χ3v) is 3.62. The van der Waals surface area contributed by atoms with Gasteiger partial charge < -0.3 is 14.6 Å². The maximum absolute atomic E-state index is 11.2. The van der Waals surface area contributed by atoms with Crippen LogP contribution in [-0.4, -0.2) is 24.2 Å². The van der Waals surface area contributed by atoms with Crippen LogP contribution in [0.3, 0.4) is 0 Å². The molecule has 0 aliphatic heterocycles. The van der Waals surface area contributed by atoms with Gasteiger partial charge in [-0.25, -0.2) is 0 Å². The Kier molecular flexibility index (Phi) is 5.81. The van der Waals surface area contributed by atoms with Crippen molar-refractivity contribution in [1.29, 1.82) is 0 Å². The van der Waals surface area contributed by atoms with E-state index in [1.165, 1.54) is 23.6 Å². The van der Waals surface area contributed by atoms with E-state index in [1.807, 2.05) is 0 Å². The summed E-state index contributed by atoms with van der Waals surface area (Å²) in [6.45, 7) is 4.92. The number of nitrogens with one attached hydrogen (secondary N) is 1. The first-order valence-corrected chi connectivity index (χ1v) is 7.60. The first-order valence-electron chi connectivity index (χ1n) is 7.60. The summed E-state index contributed by atoms with van der Waals surface area (Å²) >= 11 is 0. The molecule has 2 rings (SSSR count). The molecule has 0 unspecified atom stereocenters. The number of para-hydroxylation sites is 1. The van der Waals surface area contributed by atoms with Crippen molar-refractivity contribution in [3.05, 3.63) is 36.0 Å². The number of esters is 1. The molecule has 21 heavy (non-hydrogen) atoms. The molecule has 0 aliphatic carbocycles. The average Bonchev–Trinajstić information content (AvgIpc) is 2.86. The highest BCUT2D eigenvalue weighted by atomic mass is 16.5. The van der Waals surface area contributed by atoms with Crippen LogP contribution >= 0.6 is 0 Å². The van der Waals surface area contributed by atoms with Crippen LogP contribution in [0.15, 0.2) is 30.5 Å².